The Morgan fingerprint density at radius 3 is 2.56 bits per heavy atom. The maximum Gasteiger partial charge on any atom is 0.325 e. The number of nitrogens with one attached hydrogen (secondary N) is 1. The maximum absolute atomic E-state index is 12.4. The third-order valence-electron chi connectivity index (χ3n) is 3.37. The lowest BCUT2D eigenvalue weighted by molar-refractivity contribution is -0.153. The number of fused-ring (bicyclic) bond motifs is 1. The van der Waals surface area contributed by atoms with E-state index in [2.05, 4.69) is 21.2 Å². The molecule has 8 heteroatoms. The summed E-state index contributed by atoms with van der Waals surface area (Å²) < 4.78 is 7.09. The van der Waals surface area contributed by atoms with E-state index in [0.717, 1.165) is 4.47 Å². The number of halogens is 1. The van der Waals surface area contributed by atoms with Gasteiger partial charge in [0.15, 0.2) is 0 Å². The van der Waals surface area contributed by atoms with Gasteiger partial charge in [-0.2, -0.15) is 0 Å². The normalized spacial score (nSPS) is 11.4. The highest BCUT2D eigenvalue weighted by Crippen LogP contribution is 2.28. The molecule has 7 nitrogen and oxygen atoms in total. The molecular formula is C17H19BrN2O5. The van der Waals surface area contributed by atoms with Crippen LogP contribution < -0.4 is 10.9 Å². The summed E-state index contributed by atoms with van der Waals surface area (Å²) in [6, 6.07) is 4.95. The number of hydrogen-bond donors (Lipinski definition) is 2. The van der Waals surface area contributed by atoms with Gasteiger partial charge < -0.3 is 19.7 Å². The van der Waals surface area contributed by atoms with Crippen molar-refractivity contribution in [3.63, 3.8) is 0 Å². The lowest BCUT2D eigenvalue weighted by atomic mass is 10.1. The fraction of sp³-hybridized carbons (Fsp3) is 0.353. The van der Waals surface area contributed by atoms with Crippen LogP contribution in [0.25, 0.3) is 10.9 Å². The summed E-state index contributed by atoms with van der Waals surface area (Å²) in [4.78, 5) is 36.5. The number of benzene rings is 1. The lowest BCUT2D eigenvalue weighted by Gasteiger charge is -2.19. The van der Waals surface area contributed by atoms with Gasteiger partial charge in [0.05, 0.1) is 5.52 Å². The van der Waals surface area contributed by atoms with Crippen molar-refractivity contribution in [1.29, 1.82) is 0 Å². The van der Waals surface area contributed by atoms with Gasteiger partial charge in [-0.1, -0.05) is 15.9 Å². The Bertz CT molecular complexity index is 912. The number of nitrogens with zero attached hydrogens (tertiary/aromatic N) is 1. The predicted molar refractivity (Wildman–Crippen MR) is 96.7 cm³/mol. The zero-order valence-electron chi connectivity index (χ0n) is 14.3. The Balaban J connectivity index is 2.35. The van der Waals surface area contributed by atoms with Crippen molar-refractivity contribution in [3.8, 4) is 5.75 Å². The molecule has 1 amide bonds. The second kappa shape index (κ2) is 6.87. The van der Waals surface area contributed by atoms with E-state index in [0.29, 0.717) is 10.9 Å². The Morgan fingerprint density at radius 2 is 1.96 bits per heavy atom. The van der Waals surface area contributed by atoms with E-state index in [-0.39, 0.29) is 0 Å². The van der Waals surface area contributed by atoms with Crippen LogP contribution in [0.1, 0.15) is 31.1 Å². The van der Waals surface area contributed by atoms with E-state index in [1.165, 1.54) is 11.6 Å². The fourth-order valence-corrected chi connectivity index (χ4v) is 2.67. The molecule has 1 heterocycles. The van der Waals surface area contributed by atoms with Crippen LogP contribution in [0.2, 0.25) is 0 Å². The Morgan fingerprint density at radius 1 is 1.32 bits per heavy atom. The number of aromatic nitrogens is 1. The van der Waals surface area contributed by atoms with Crippen LogP contribution >= 0.6 is 15.9 Å². The van der Waals surface area contributed by atoms with E-state index in [1.807, 2.05) is 0 Å². The molecule has 0 unspecified atom stereocenters. The predicted octanol–water partition coefficient (Wildman–Crippen LogP) is 2.08. The summed E-state index contributed by atoms with van der Waals surface area (Å²) in [5.74, 6) is -1.90. The van der Waals surface area contributed by atoms with Gasteiger partial charge in [0.1, 0.15) is 23.5 Å². The van der Waals surface area contributed by atoms with Gasteiger partial charge in [0.2, 0.25) is 0 Å². The lowest BCUT2D eigenvalue weighted by Crippen LogP contribution is -2.37. The van der Waals surface area contributed by atoms with Gasteiger partial charge in [-0.25, -0.2) is 0 Å². The summed E-state index contributed by atoms with van der Waals surface area (Å²) in [5.41, 5.74) is -1.29. The average molecular weight is 411 g/mol. The summed E-state index contributed by atoms with van der Waals surface area (Å²) in [5, 5.41) is 13.0. The quantitative estimate of drug-likeness (QED) is 0.754. The van der Waals surface area contributed by atoms with Gasteiger partial charge in [0, 0.05) is 16.9 Å². The van der Waals surface area contributed by atoms with Crippen LogP contribution in [0.3, 0.4) is 0 Å². The first-order valence-corrected chi connectivity index (χ1v) is 8.32. The number of carbonyl (C=O) groups is 2. The molecule has 0 saturated heterocycles. The van der Waals surface area contributed by atoms with Crippen LogP contribution in [0.4, 0.5) is 0 Å². The second-order valence-corrected chi connectivity index (χ2v) is 7.43. The second-order valence-electron chi connectivity index (χ2n) is 6.52. The van der Waals surface area contributed by atoms with Crippen molar-refractivity contribution in [2.75, 3.05) is 6.54 Å². The minimum atomic E-state index is -0.839. The number of pyridine rings is 1. The van der Waals surface area contributed by atoms with Crippen molar-refractivity contribution in [2.24, 2.45) is 7.05 Å². The summed E-state index contributed by atoms with van der Waals surface area (Å²) in [7, 11) is 1.50. The smallest absolute Gasteiger partial charge is 0.325 e. The zero-order chi connectivity index (χ0) is 18.9. The van der Waals surface area contributed by atoms with Crippen molar-refractivity contribution in [3.05, 3.63) is 38.6 Å². The van der Waals surface area contributed by atoms with Crippen LogP contribution in [-0.2, 0) is 16.6 Å². The number of rotatable bonds is 3. The van der Waals surface area contributed by atoms with E-state index in [4.69, 9.17) is 4.74 Å². The largest absolute Gasteiger partial charge is 0.506 e. The van der Waals surface area contributed by atoms with Crippen LogP contribution in [0, 0.1) is 0 Å². The van der Waals surface area contributed by atoms with Gasteiger partial charge in [0.25, 0.3) is 11.5 Å². The van der Waals surface area contributed by atoms with Crippen LogP contribution in [0.5, 0.6) is 5.75 Å². The highest BCUT2D eigenvalue weighted by molar-refractivity contribution is 9.10. The third kappa shape index (κ3) is 4.19. The minimum absolute atomic E-state index is 0.354. The summed E-state index contributed by atoms with van der Waals surface area (Å²) in [6.45, 7) is 4.71. The van der Waals surface area contributed by atoms with Crippen molar-refractivity contribution in [2.45, 2.75) is 26.4 Å². The summed E-state index contributed by atoms with van der Waals surface area (Å²) in [6.07, 6.45) is 0. The highest BCUT2D eigenvalue weighted by atomic mass is 79.9. The first-order valence-electron chi connectivity index (χ1n) is 7.52. The number of amides is 1. The molecule has 0 atom stereocenters. The Kier molecular flexibility index (Phi) is 5.22. The Hall–Kier alpha value is -2.35. The summed E-state index contributed by atoms with van der Waals surface area (Å²) >= 11 is 3.30. The highest BCUT2D eigenvalue weighted by Gasteiger charge is 2.23. The molecule has 0 saturated carbocycles. The van der Waals surface area contributed by atoms with E-state index < -0.39 is 40.9 Å². The van der Waals surface area contributed by atoms with Crippen LogP contribution in [-0.4, -0.2) is 33.7 Å². The maximum atomic E-state index is 12.4. The van der Waals surface area contributed by atoms with E-state index in [1.54, 1.807) is 39.0 Å². The molecule has 25 heavy (non-hydrogen) atoms. The molecule has 2 N–H and O–H groups in total. The molecule has 2 aromatic rings. The number of aryl methyl sites for hydroxylation is 1. The topological polar surface area (TPSA) is 97.6 Å². The van der Waals surface area contributed by atoms with E-state index >= 15 is 0 Å². The molecule has 0 aliphatic carbocycles. The molecule has 2 rings (SSSR count). The molecular weight excluding hydrogens is 392 g/mol. The van der Waals surface area contributed by atoms with Crippen molar-refractivity contribution in [1.82, 2.24) is 9.88 Å². The molecule has 0 aliphatic heterocycles. The SMILES string of the molecule is Cn1c(=O)c(C(=O)NCC(=O)OC(C)(C)C)c(O)c2ccc(Br)cc21. The van der Waals surface area contributed by atoms with Gasteiger partial charge >= 0.3 is 5.97 Å². The van der Waals surface area contributed by atoms with Crippen molar-refractivity contribution < 1.29 is 19.4 Å². The first kappa shape index (κ1) is 19.0. The van der Waals surface area contributed by atoms with Gasteiger partial charge in [-0.3, -0.25) is 14.4 Å². The average Bonchev–Trinajstić information content (AvgIpc) is 2.49. The van der Waals surface area contributed by atoms with Crippen molar-refractivity contribution >= 4 is 38.7 Å². The van der Waals surface area contributed by atoms with Gasteiger partial charge in [-0.05, 0) is 39.0 Å². The molecule has 0 aliphatic rings. The molecule has 1 aromatic carbocycles. The number of carbonyl (C=O) groups excluding carboxylic acids is 2. The van der Waals surface area contributed by atoms with Gasteiger partial charge in [-0.15, -0.1) is 0 Å². The standard InChI is InChI=1S/C17H19BrN2O5/c1-17(2,3)25-12(21)8-19-15(23)13-14(22)10-6-5-9(18)7-11(10)20(4)16(13)24/h5-7,22H,8H2,1-4H3,(H,19,23). The van der Waals surface area contributed by atoms with Crippen LogP contribution in [0.15, 0.2) is 27.5 Å². The monoisotopic (exact) mass is 410 g/mol. The number of aromatic hydroxyl groups is 1. The molecule has 0 bridgehead atoms. The molecule has 0 spiro atoms. The third-order valence-corrected chi connectivity index (χ3v) is 3.87. The Labute approximate surface area is 152 Å². The molecule has 0 radical (unpaired) electrons. The molecule has 0 fully saturated rings. The molecule has 1 aromatic heterocycles. The fourth-order valence-electron chi connectivity index (χ4n) is 2.32. The number of esters is 1. The minimum Gasteiger partial charge on any atom is -0.506 e. The number of hydrogen-bond acceptors (Lipinski definition) is 5. The zero-order valence-corrected chi connectivity index (χ0v) is 15.9. The first-order chi connectivity index (χ1) is 11.5. The van der Waals surface area contributed by atoms with E-state index in [9.17, 15) is 19.5 Å². The number of ether oxygens (including phenoxy) is 1. The molecule has 134 valence electrons.